The van der Waals surface area contributed by atoms with Crippen LogP contribution in [0.3, 0.4) is 0 Å². The monoisotopic (exact) mass is 645 g/mol. The number of nitriles is 1. The van der Waals surface area contributed by atoms with Gasteiger partial charge < -0.3 is 9.13 Å². The van der Waals surface area contributed by atoms with Gasteiger partial charge in [0.1, 0.15) is 0 Å². The Morgan fingerprint density at radius 1 is 0.396 bits per heavy atom. The maximum atomic E-state index is 9.62. The Hall–Kier alpha value is -5.93. The molecule has 7 aromatic carbocycles. The van der Waals surface area contributed by atoms with Gasteiger partial charge in [0, 0.05) is 73.3 Å². The van der Waals surface area contributed by atoms with Crippen LogP contribution in [0.2, 0.25) is 0 Å². The summed E-state index contributed by atoms with van der Waals surface area (Å²) in [7, 11) is 0. The van der Waals surface area contributed by atoms with E-state index in [-0.39, 0.29) is 0 Å². The van der Waals surface area contributed by atoms with Gasteiger partial charge in [-0.05, 0) is 84.9 Å². The minimum absolute atomic E-state index is 0.676. The number of para-hydroxylation sites is 2. The summed E-state index contributed by atoms with van der Waals surface area (Å²) in [5.74, 6) is 0. The average molecular weight is 646 g/mol. The molecule has 0 saturated carbocycles. The summed E-state index contributed by atoms with van der Waals surface area (Å²) in [6, 6.07) is 52.8. The predicted octanol–water partition coefficient (Wildman–Crippen LogP) is 12.5. The van der Waals surface area contributed by atoms with Crippen LogP contribution in [0.5, 0.6) is 0 Å². The average Bonchev–Trinajstić information content (AvgIpc) is 3.88. The van der Waals surface area contributed by atoms with Crippen LogP contribution < -0.4 is 0 Å². The van der Waals surface area contributed by atoms with Gasteiger partial charge in [0.25, 0.3) is 0 Å². The second-order valence-corrected chi connectivity index (χ2v) is 14.6. The van der Waals surface area contributed by atoms with Crippen LogP contribution in [0.1, 0.15) is 5.56 Å². The van der Waals surface area contributed by atoms with Crippen LogP contribution in [0, 0.1) is 11.3 Å². The van der Waals surface area contributed by atoms with Gasteiger partial charge in [0.05, 0.1) is 33.7 Å². The second kappa shape index (κ2) is 9.56. The zero-order valence-electron chi connectivity index (χ0n) is 25.4. The molecule has 0 radical (unpaired) electrons. The van der Waals surface area contributed by atoms with Gasteiger partial charge in [-0.3, -0.25) is 0 Å². The molecule has 0 saturated heterocycles. The molecule has 5 heteroatoms. The van der Waals surface area contributed by atoms with Gasteiger partial charge in [0.15, 0.2) is 0 Å². The van der Waals surface area contributed by atoms with Gasteiger partial charge >= 0.3 is 0 Å². The van der Waals surface area contributed by atoms with Crippen LogP contribution in [0.4, 0.5) is 0 Å². The molecular formula is C43H23N3S2. The van der Waals surface area contributed by atoms with E-state index >= 15 is 0 Å². The van der Waals surface area contributed by atoms with E-state index in [0.717, 1.165) is 27.5 Å². The summed E-state index contributed by atoms with van der Waals surface area (Å²) >= 11 is 3.72. The maximum absolute atomic E-state index is 9.62. The standard InChI is InChI=1S/C43H23N3S2/c44-24-25-13-16-36-31(21-25)28-7-1-4-10-34(28)45(36)26-14-18-39-32(22-26)33-23-27(15-19-40(33)47-39)46-35-11-5-2-8-29(35)42-37(46)17-20-41-43(42)30-9-3-6-12-38(30)48-41/h1-23H. The van der Waals surface area contributed by atoms with Crippen molar-refractivity contribution in [1.82, 2.24) is 9.13 Å². The lowest BCUT2D eigenvalue weighted by Crippen LogP contribution is -1.94. The fourth-order valence-electron chi connectivity index (χ4n) is 7.90. The van der Waals surface area contributed by atoms with Gasteiger partial charge in [-0.25, -0.2) is 0 Å². The molecule has 48 heavy (non-hydrogen) atoms. The highest BCUT2D eigenvalue weighted by Crippen LogP contribution is 2.44. The van der Waals surface area contributed by atoms with Crippen molar-refractivity contribution in [2.24, 2.45) is 0 Å². The van der Waals surface area contributed by atoms with Crippen molar-refractivity contribution >= 4 is 107 Å². The Morgan fingerprint density at radius 2 is 0.938 bits per heavy atom. The molecule has 0 unspecified atom stereocenters. The number of benzene rings is 7. The molecule has 0 aliphatic rings. The van der Waals surface area contributed by atoms with Gasteiger partial charge in [0.2, 0.25) is 0 Å². The molecule has 222 valence electrons. The molecule has 0 amide bonds. The fourth-order valence-corrected chi connectivity index (χ4v) is 10.1. The first-order chi connectivity index (χ1) is 23.7. The van der Waals surface area contributed by atoms with Crippen LogP contribution in [0.15, 0.2) is 140 Å². The normalized spacial score (nSPS) is 12.1. The highest BCUT2D eigenvalue weighted by atomic mass is 32.1. The molecule has 0 atom stereocenters. The molecule has 0 spiro atoms. The summed E-state index contributed by atoms with van der Waals surface area (Å²) in [5, 5.41) is 19.7. The third-order valence-electron chi connectivity index (χ3n) is 9.93. The molecule has 11 aromatic rings. The van der Waals surface area contributed by atoms with Crippen LogP contribution in [-0.4, -0.2) is 9.13 Å². The maximum Gasteiger partial charge on any atom is 0.0991 e. The lowest BCUT2D eigenvalue weighted by molar-refractivity contribution is 1.18. The zero-order chi connectivity index (χ0) is 31.5. The van der Waals surface area contributed by atoms with E-state index < -0.39 is 0 Å². The molecule has 0 fully saturated rings. The number of hydrogen-bond donors (Lipinski definition) is 0. The fraction of sp³-hybridized carbons (Fsp3) is 0. The largest absolute Gasteiger partial charge is 0.309 e. The van der Waals surface area contributed by atoms with E-state index in [4.69, 9.17) is 0 Å². The minimum atomic E-state index is 0.676. The lowest BCUT2D eigenvalue weighted by atomic mass is 10.1. The topological polar surface area (TPSA) is 33.6 Å². The summed E-state index contributed by atoms with van der Waals surface area (Å²) in [6.45, 7) is 0. The molecule has 0 aliphatic carbocycles. The van der Waals surface area contributed by atoms with Gasteiger partial charge in [-0.2, -0.15) is 5.26 Å². The van der Waals surface area contributed by atoms with Crippen molar-refractivity contribution in [1.29, 1.82) is 5.26 Å². The van der Waals surface area contributed by atoms with E-state index in [1.807, 2.05) is 34.8 Å². The van der Waals surface area contributed by atoms with E-state index in [1.54, 1.807) is 0 Å². The van der Waals surface area contributed by atoms with Gasteiger partial charge in [-0.15, -0.1) is 22.7 Å². The highest BCUT2D eigenvalue weighted by Gasteiger charge is 2.19. The Bertz CT molecular complexity index is 3200. The first kappa shape index (κ1) is 26.2. The molecule has 11 rings (SSSR count). The van der Waals surface area contributed by atoms with E-state index in [9.17, 15) is 5.26 Å². The molecule has 4 heterocycles. The van der Waals surface area contributed by atoms with Crippen molar-refractivity contribution in [2.45, 2.75) is 0 Å². The van der Waals surface area contributed by atoms with Crippen LogP contribution in [0.25, 0.3) is 95.3 Å². The third-order valence-corrected chi connectivity index (χ3v) is 12.2. The molecular weight excluding hydrogens is 623 g/mol. The zero-order valence-corrected chi connectivity index (χ0v) is 27.1. The summed E-state index contributed by atoms with van der Waals surface area (Å²) in [5.41, 5.74) is 7.65. The molecule has 0 bridgehead atoms. The van der Waals surface area contributed by atoms with Crippen LogP contribution in [-0.2, 0) is 0 Å². The Morgan fingerprint density at radius 3 is 1.69 bits per heavy atom. The minimum Gasteiger partial charge on any atom is -0.309 e. The van der Waals surface area contributed by atoms with E-state index in [2.05, 4.69) is 143 Å². The number of aromatic nitrogens is 2. The molecule has 4 aromatic heterocycles. The number of nitrogens with zero attached hydrogens (tertiary/aromatic N) is 3. The number of thiophene rings is 2. The Kier molecular flexibility index (Phi) is 5.21. The summed E-state index contributed by atoms with van der Waals surface area (Å²) < 4.78 is 9.98. The molecule has 0 aliphatic heterocycles. The van der Waals surface area contributed by atoms with Crippen molar-refractivity contribution in [3.63, 3.8) is 0 Å². The van der Waals surface area contributed by atoms with Crippen molar-refractivity contribution < 1.29 is 0 Å². The third kappa shape index (κ3) is 3.45. The molecule has 3 nitrogen and oxygen atoms in total. The van der Waals surface area contributed by atoms with Crippen molar-refractivity contribution in [2.75, 3.05) is 0 Å². The number of hydrogen-bond acceptors (Lipinski definition) is 3. The Labute approximate surface area is 282 Å². The van der Waals surface area contributed by atoms with Gasteiger partial charge in [-0.1, -0.05) is 54.6 Å². The first-order valence-electron chi connectivity index (χ1n) is 16.0. The Balaban J connectivity index is 1.18. The lowest BCUT2D eigenvalue weighted by Gasteiger charge is -2.10. The molecule has 0 N–H and O–H groups in total. The number of fused-ring (bicyclic) bond motifs is 13. The second-order valence-electron chi connectivity index (χ2n) is 12.4. The SMILES string of the molecule is N#Cc1ccc2c(c1)c1ccccc1n2-c1ccc2sc3ccc(-n4c5ccccc5c5c6c(ccc54)sc4ccccc46)cc3c2c1. The van der Waals surface area contributed by atoms with Crippen LogP contribution >= 0.6 is 22.7 Å². The summed E-state index contributed by atoms with van der Waals surface area (Å²) in [6.07, 6.45) is 0. The summed E-state index contributed by atoms with van der Waals surface area (Å²) in [4.78, 5) is 0. The number of rotatable bonds is 2. The van der Waals surface area contributed by atoms with E-state index in [1.165, 1.54) is 67.8 Å². The quantitative estimate of drug-likeness (QED) is 0.184. The highest BCUT2D eigenvalue weighted by molar-refractivity contribution is 7.26. The van der Waals surface area contributed by atoms with E-state index in [0.29, 0.717) is 5.56 Å². The first-order valence-corrected chi connectivity index (χ1v) is 17.6. The van der Waals surface area contributed by atoms with Crippen molar-refractivity contribution in [3.8, 4) is 17.4 Å². The van der Waals surface area contributed by atoms with Crippen molar-refractivity contribution in [3.05, 3.63) is 145 Å². The predicted molar refractivity (Wildman–Crippen MR) is 206 cm³/mol. The smallest absolute Gasteiger partial charge is 0.0991 e.